The van der Waals surface area contributed by atoms with Crippen LogP contribution in [0.4, 0.5) is 0 Å². The molecule has 3 atom stereocenters. The molecule has 1 aromatic rings. The first kappa shape index (κ1) is 14.5. The van der Waals surface area contributed by atoms with Crippen LogP contribution in [0.15, 0.2) is 30.3 Å². The molecular weight excluding hydrogens is 234 g/mol. The summed E-state index contributed by atoms with van der Waals surface area (Å²) in [7, 11) is 0. The van der Waals surface area contributed by atoms with Gasteiger partial charge in [0.15, 0.2) is 0 Å². The zero-order valence-electron chi connectivity index (χ0n) is 12.3. The van der Waals surface area contributed by atoms with Crippen LogP contribution in [-0.4, -0.2) is 18.8 Å². The van der Waals surface area contributed by atoms with Gasteiger partial charge in [0.25, 0.3) is 0 Å². The van der Waals surface area contributed by atoms with Crippen molar-refractivity contribution in [2.75, 3.05) is 13.2 Å². The Hall–Kier alpha value is -0.860. The van der Waals surface area contributed by atoms with E-state index in [1.54, 1.807) is 0 Å². The molecule has 0 aromatic heterocycles. The lowest BCUT2D eigenvalue weighted by Crippen LogP contribution is -2.38. The van der Waals surface area contributed by atoms with Crippen LogP contribution in [-0.2, 0) is 4.74 Å². The first-order valence-corrected chi connectivity index (χ1v) is 7.57. The van der Waals surface area contributed by atoms with Crippen LogP contribution in [0, 0.1) is 5.92 Å². The molecule has 1 heterocycles. The van der Waals surface area contributed by atoms with Crippen LogP contribution >= 0.6 is 0 Å². The molecular formula is C17H27NO. The summed E-state index contributed by atoms with van der Waals surface area (Å²) in [5.41, 5.74) is 7.35. The predicted molar refractivity (Wildman–Crippen MR) is 80.2 cm³/mol. The molecule has 2 N–H and O–H groups in total. The highest BCUT2D eigenvalue weighted by Gasteiger charge is 2.35. The van der Waals surface area contributed by atoms with Crippen molar-refractivity contribution in [1.82, 2.24) is 0 Å². The summed E-state index contributed by atoms with van der Waals surface area (Å²) in [6.45, 7) is 6.13. The molecule has 1 aliphatic heterocycles. The van der Waals surface area contributed by atoms with Gasteiger partial charge in [0, 0.05) is 6.61 Å². The van der Waals surface area contributed by atoms with Crippen LogP contribution in [0.25, 0.3) is 0 Å². The van der Waals surface area contributed by atoms with Crippen LogP contribution in [0.5, 0.6) is 0 Å². The minimum absolute atomic E-state index is 0.0601. The quantitative estimate of drug-likeness (QED) is 0.877. The van der Waals surface area contributed by atoms with Crippen LogP contribution < -0.4 is 5.73 Å². The normalized spacial score (nSPS) is 29.1. The Bertz CT molecular complexity index is 378. The summed E-state index contributed by atoms with van der Waals surface area (Å²) in [6.07, 6.45) is 4.49. The van der Waals surface area contributed by atoms with E-state index >= 15 is 0 Å². The Morgan fingerprint density at radius 1 is 1.37 bits per heavy atom. The summed E-state index contributed by atoms with van der Waals surface area (Å²) < 4.78 is 5.98. The lowest BCUT2D eigenvalue weighted by molar-refractivity contribution is -0.0914. The minimum Gasteiger partial charge on any atom is -0.375 e. The second-order valence-electron chi connectivity index (χ2n) is 6.00. The van der Waals surface area contributed by atoms with Crippen molar-refractivity contribution in [3.05, 3.63) is 35.9 Å². The van der Waals surface area contributed by atoms with Crippen molar-refractivity contribution in [3.8, 4) is 0 Å². The molecule has 1 aliphatic rings. The number of ether oxygens (including phenoxy) is 1. The Kier molecular flexibility index (Phi) is 5.00. The minimum atomic E-state index is 0.0601. The van der Waals surface area contributed by atoms with E-state index in [4.69, 9.17) is 10.5 Å². The number of hydrogen-bond donors (Lipinski definition) is 1. The first-order valence-electron chi connectivity index (χ1n) is 7.57. The Labute approximate surface area is 117 Å². The van der Waals surface area contributed by atoms with E-state index in [0.29, 0.717) is 11.8 Å². The van der Waals surface area contributed by atoms with Crippen LogP contribution in [0.2, 0.25) is 0 Å². The van der Waals surface area contributed by atoms with Gasteiger partial charge < -0.3 is 10.5 Å². The van der Waals surface area contributed by atoms with E-state index in [9.17, 15) is 0 Å². The van der Waals surface area contributed by atoms with Gasteiger partial charge in [-0.2, -0.15) is 0 Å². The Balaban J connectivity index is 2.15. The maximum Gasteiger partial charge on any atom is 0.0654 e. The highest BCUT2D eigenvalue weighted by atomic mass is 16.5. The van der Waals surface area contributed by atoms with E-state index in [1.165, 1.54) is 5.56 Å². The summed E-state index contributed by atoms with van der Waals surface area (Å²) in [4.78, 5) is 0. The second kappa shape index (κ2) is 6.53. The van der Waals surface area contributed by atoms with Gasteiger partial charge in [-0.1, -0.05) is 37.3 Å². The molecule has 0 spiro atoms. The zero-order chi connectivity index (χ0) is 13.7. The lowest BCUT2D eigenvalue weighted by atomic mass is 9.74. The standard InChI is InChI=1S/C17H27NO/c1-3-17(2)13-15(10-12-19-17)16(9-11-18)14-7-5-4-6-8-14/h4-8,15-16H,3,9-13,18H2,1-2H3/t15-,16+,17-/m1/s1. The van der Waals surface area contributed by atoms with Gasteiger partial charge in [0.2, 0.25) is 0 Å². The third-order valence-corrected chi connectivity index (χ3v) is 4.66. The predicted octanol–water partition coefficient (Wildman–Crippen LogP) is 3.71. The molecule has 1 saturated heterocycles. The molecule has 1 aromatic carbocycles. The molecule has 2 nitrogen and oxygen atoms in total. The number of nitrogens with two attached hydrogens (primary N) is 1. The lowest BCUT2D eigenvalue weighted by Gasteiger charge is -2.41. The smallest absolute Gasteiger partial charge is 0.0654 e. The highest BCUT2D eigenvalue weighted by molar-refractivity contribution is 5.20. The summed E-state index contributed by atoms with van der Waals surface area (Å²) >= 11 is 0. The summed E-state index contributed by atoms with van der Waals surface area (Å²) in [5, 5.41) is 0. The van der Waals surface area contributed by atoms with Gasteiger partial charge in [-0.25, -0.2) is 0 Å². The van der Waals surface area contributed by atoms with Gasteiger partial charge >= 0.3 is 0 Å². The molecule has 0 aliphatic carbocycles. The monoisotopic (exact) mass is 261 g/mol. The van der Waals surface area contributed by atoms with E-state index in [1.807, 2.05) is 0 Å². The van der Waals surface area contributed by atoms with E-state index < -0.39 is 0 Å². The molecule has 0 unspecified atom stereocenters. The average molecular weight is 261 g/mol. The summed E-state index contributed by atoms with van der Waals surface area (Å²) in [5.74, 6) is 1.28. The van der Waals surface area contributed by atoms with Crippen LogP contribution in [0.1, 0.15) is 51.0 Å². The van der Waals surface area contributed by atoms with Crippen molar-refractivity contribution in [2.45, 2.75) is 51.0 Å². The Morgan fingerprint density at radius 2 is 2.11 bits per heavy atom. The third-order valence-electron chi connectivity index (χ3n) is 4.66. The Morgan fingerprint density at radius 3 is 2.74 bits per heavy atom. The molecule has 1 fully saturated rings. The molecule has 0 amide bonds. The SMILES string of the molecule is CC[C@]1(C)C[C@H]([C@@H](CCN)c2ccccc2)CCO1. The zero-order valence-corrected chi connectivity index (χ0v) is 12.3. The van der Waals surface area contributed by atoms with Crippen molar-refractivity contribution < 1.29 is 4.74 Å². The molecule has 2 heteroatoms. The molecule has 0 bridgehead atoms. The van der Waals surface area contributed by atoms with E-state index in [0.717, 1.165) is 38.8 Å². The largest absolute Gasteiger partial charge is 0.375 e. The van der Waals surface area contributed by atoms with Gasteiger partial charge in [-0.3, -0.25) is 0 Å². The van der Waals surface area contributed by atoms with Crippen LogP contribution in [0.3, 0.4) is 0 Å². The van der Waals surface area contributed by atoms with Crippen molar-refractivity contribution in [3.63, 3.8) is 0 Å². The fourth-order valence-electron chi connectivity index (χ4n) is 3.32. The second-order valence-corrected chi connectivity index (χ2v) is 6.00. The highest BCUT2D eigenvalue weighted by Crippen LogP contribution is 2.40. The first-order chi connectivity index (χ1) is 9.18. The number of benzene rings is 1. The summed E-state index contributed by atoms with van der Waals surface area (Å²) in [6, 6.07) is 10.9. The average Bonchev–Trinajstić information content (AvgIpc) is 2.46. The molecule has 0 saturated carbocycles. The molecule has 106 valence electrons. The third kappa shape index (κ3) is 3.58. The molecule has 19 heavy (non-hydrogen) atoms. The maximum atomic E-state index is 5.98. The molecule has 2 rings (SSSR count). The number of rotatable bonds is 5. The maximum absolute atomic E-state index is 5.98. The molecule has 0 radical (unpaired) electrons. The fourth-order valence-corrected chi connectivity index (χ4v) is 3.32. The fraction of sp³-hybridized carbons (Fsp3) is 0.647. The van der Waals surface area contributed by atoms with Gasteiger partial charge in [0.1, 0.15) is 0 Å². The van der Waals surface area contributed by atoms with Gasteiger partial charge in [0.05, 0.1) is 5.60 Å². The van der Waals surface area contributed by atoms with Crippen molar-refractivity contribution >= 4 is 0 Å². The topological polar surface area (TPSA) is 35.2 Å². The van der Waals surface area contributed by atoms with Crippen molar-refractivity contribution in [2.24, 2.45) is 11.7 Å². The van der Waals surface area contributed by atoms with Gasteiger partial charge in [-0.15, -0.1) is 0 Å². The van der Waals surface area contributed by atoms with E-state index in [2.05, 4.69) is 44.2 Å². The van der Waals surface area contributed by atoms with E-state index in [-0.39, 0.29) is 5.60 Å². The van der Waals surface area contributed by atoms with Crippen molar-refractivity contribution in [1.29, 1.82) is 0 Å². The number of hydrogen-bond acceptors (Lipinski definition) is 2. The van der Waals surface area contributed by atoms with Gasteiger partial charge in [-0.05, 0) is 56.6 Å².